The Morgan fingerprint density at radius 3 is 2.41 bits per heavy atom. The molecule has 0 radical (unpaired) electrons. The van der Waals surface area contributed by atoms with Gasteiger partial charge >= 0.3 is 5.97 Å². The zero-order valence-corrected chi connectivity index (χ0v) is 9.26. The molecule has 0 saturated carbocycles. The van der Waals surface area contributed by atoms with E-state index in [0.29, 0.717) is 0 Å². The molecule has 0 aromatic carbocycles. The standard InChI is InChI=1S/C9H12N2O6/c1-4(12)10-6-3-11(7(6)14)8(9(15)16)17-5(2)13/h6,8H,3H2,1-2H3,(H,10,12)(H,15,16)/p-1/t6-,8?/m0/s1. The highest BCUT2D eigenvalue weighted by atomic mass is 16.6. The Balaban J connectivity index is 2.62. The molecule has 1 unspecified atom stereocenters. The van der Waals surface area contributed by atoms with Crippen molar-refractivity contribution in [3.05, 3.63) is 0 Å². The van der Waals surface area contributed by atoms with Crippen LogP contribution in [0.15, 0.2) is 0 Å². The number of aliphatic carboxylic acids is 1. The third-order valence-corrected chi connectivity index (χ3v) is 2.10. The van der Waals surface area contributed by atoms with E-state index in [9.17, 15) is 24.3 Å². The molecule has 94 valence electrons. The van der Waals surface area contributed by atoms with Crippen molar-refractivity contribution in [2.24, 2.45) is 0 Å². The second kappa shape index (κ2) is 4.81. The summed E-state index contributed by atoms with van der Waals surface area (Å²) in [4.78, 5) is 44.3. The Morgan fingerprint density at radius 2 is 2.06 bits per heavy atom. The van der Waals surface area contributed by atoms with Crippen molar-refractivity contribution in [1.29, 1.82) is 0 Å². The summed E-state index contributed by atoms with van der Waals surface area (Å²) >= 11 is 0. The van der Waals surface area contributed by atoms with Crippen LogP contribution in [-0.2, 0) is 23.9 Å². The van der Waals surface area contributed by atoms with Crippen LogP contribution in [0, 0.1) is 0 Å². The average Bonchev–Trinajstić information content (AvgIpc) is 2.19. The molecule has 8 nitrogen and oxygen atoms in total. The average molecular weight is 243 g/mol. The normalized spacial score (nSPS) is 20.2. The number of hydrogen-bond acceptors (Lipinski definition) is 6. The van der Waals surface area contributed by atoms with Crippen LogP contribution in [0.5, 0.6) is 0 Å². The second-order valence-corrected chi connectivity index (χ2v) is 3.52. The van der Waals surface area contributed by atoms with Crippen LogP contribution in [-0.4, -0.2) is 47.5 Å². The number of hydrogen-bond donors (Lipinski definition) is 1. The number of carbonyl (C=O) groups is 4. The maximum atomic E-state index is 11.5. The van der Waals surface area contributed by atoms with Gasteiger partial charge in [-0.1, -0.05) is 0 Å². The first-order chi connectivity index (χ1) is 7.82. The van der Waals surface area contributed by atoms with E-state index >= 15 is 0 Å². The zero-order chi connectivity index (χ0) is 13.2. The highest BCUT2D eigenvalue weighted by molar-refractivity contribution is 5.94. The van der Waals surface area contributed by atoms with E-state index in [1.54, 1.807) is 0 Å². The molecule has 0 aliphatic carbocycles. The van der Waals surface area contributed by atoms with Crippen LogP contribution < -0.4 is 10.4 Å². The molecule has 0 aromatic heterocycles. The van der Waals surface area contributed by atoms with Gasteiger partial charge in [0.25, 0.3) is 0 Å². The quantitative estimate of drug-likeness (QED) is 0.415. The van der Waals surface area contributed by atoms with Crippen LogP contribution in [0.2, 0.25) is 0 Å². The van der Waals surface area contributed by atoms with Crippen molar-refractivity contribution in [2.75, 3.05) is 6.54 Å². The van der Waals surface area contributed by atoms with Crippen molar-refractivity contribution in [1.82, 2.24) is 10.2 Å². The highest BCUT2D eigenvalue weighted by Crippen LogP contribution is 2.15. The summed E-state index contributed by atoms with van der Waals surface area (Å²) in [6.45, 7) is 2.22. The van der Waals surface area contributed by atoms with Crippen LogP contribution in [0.3, 0.4) is 0 Å². The third-order valence-electron chi connectivity index (χ3n) is 2.10. The zero-order valence-electron chi connectivity index (χ0n) is 9.26. The van der Waals surface area contributed by atoms with E-state index in [1.807, 2.05) is 0 Å². The number of rotatable bonds is 4. The molecule has 1 rings (SSSR count). The van der Waals surface area contributed by atoms with Gasteiger partial charge in [-0.25, -0.2) is 0 Å². The van der Waals surface area contributed by atoms with Crippen LogP contribution in [0.4, 0.5) is 0 Å². The first kappa shape index (κ1) is 12.9. The molecular weight excluding hydrogens is 232 g/mol. The fourth-order valence-corrected chi connectivity index (χ4v) is 1.41. The monoisotopic (exact) mass is 243 g/mol. The van der Waals surface area contributed by atoms with Crippen LogP contribution in [0.1, 0.15) is 13.8 Å². The van der Waals surface area contributed by atoms with E-state index in [4.69, 9.17) is 0 Å². The number of carboxylic acid groups (broad SMARTS) is 1. The Kier molecular flexibility index (Phi) is 3.66. The Labute approximate surface area is 96.5 Å². The summed E-state index contributed by atoms with van der Waals surface area (Å²) in [6.07, 6.45) is -1.75. The van der Waals surface area contributed by atoms with Crippen molar-refractivity contribution < 1.29 is 29.0 Å². The number of amides is 2. The topological polar surface area (TPSA) is 116 Å². The number of ether oxygens (including phenoxy) is 1. The van der Waals surface area contributed by atoms with Gasteiger partial charge in [0.05, 0.1) is 6.54 Å². The predicted octanol–water partition coefficient (Wildman–Crippen LogP) is -3.03. The van der Waals surface area contributed by atoms with Gasteiger partial charge in [0.1, 0.15) is 12.0 Å². The number of nitrogens with zero attached hydrogens (tertiary/aromatic N) is 1. The van der Waals surface area contributed by atoms with E-state index in [1.165, 1.54) is 6.92 Å². The van der Waals surface area contributed by atoms with E-state index < -0.39 is 36.0 Å². The Bertz CT molecular complexity index is 380. The van der Waals surface area contributed by atoms with Gasteiger partial charge in [-0.3, -0.25) is 19.3 Å². The van der Waals surface area contributed by atoms with E-state index in [0.717, 1.165) is 11.8 Å². The summed E-state index contributed by atoms with van der Waals surface area (Å²) in [5, 5.41) is 13.0. The Hall–Kier alpha value is -2.12. The maximum Gasteiger partial charge on any atom is 0.304 e. The number of esters is 1. The molecule has 1 aliphatic rings. The number of nitrogens with one attached hydrogen (secondary N) is 1. The fraction of sp³-hybridized carbons (Fsp3) is 0.556. The maximum absolute atomic E-state index is 11.5. The molecule has 1 heterocycles. The molecule has 2 atom stereocenters. The number of carbonyl (C=O) groups excluding carboxylic acids is 4. The molecule has 17 heavy (non-hydrogen) atoms. The van der Waals surface area contributed by atoms with Gasteiger partial charge < -0.3 is 20.0 Å². The number of likely N-dealkylation sites (tertiary alicyclic amines) is 1. The minimum Gasteiger partial charge on any atom is -0.544 e. The van der Waals surface area contributed by atoms with Crippen LogP contribution in [0.25, 0.3) is 0 Å². The first-order valence-corrected chi connectivity index (χ1v) is 4.78. The Morgan fingerprint density at radius 1 is 1.47 bits per heavy atom. The van der Waals surface area contributed by atoms with Gasteiger partial charge in [-0.15, -0.1) is 0 Å². The molecular formula is C9H11N2O6-. The van der Waals surface area contributed by atoms with E-state index in [-0.39, 0.29) is 6.54 Å². The lowest BCUT2D eigenvalue weighted by molar-refractivity contribution is -0.323. The molecule has 2 amide bonds. The van der Waals surface area contributed by atoms with Crippen molar-refractivity contribution >= 4 is 23.8 Å². The minimum absolute atomic E-state index is 0.0374. The lowest BCUT2D eigenvalue weighted by atomic mass is 10.1. The van der Waals surface area contributed by atoms with Gasteiger partial charge in [-0.2, -0.15) is 0 Å². The summed E-state index contributed by atoms with van der Waals surface area (Å²) < 4.78 is 4.43. The largest absolute Gasteiger partial charge is 0.544 e. The molecule has 1 aliphatic heterocycles. The van der Waals surface area contributed by atoms with Crippen LogP contribution >= 0.6 is 0 Å². The SMILES string of the molecule is CC(=O)N[C@H]1CN(C(OC(C)=O)C(=O)[O-])C1=O. The summed E-state index contributed by atoms with van der Waals surface area (Å²) in [7, 11) is 0. The lowest BCUT2D eigenvalue weighted by Gasteiger charge is -2.42. The second-order valence-electron chi connectivity index (χ2n) is 3.52. The van der Waals surface area contributed by atoms with Crippen molar-refractivity contribution in [2.45, 2.75) is 26.1 Å². The molecule has 1 fully saturated rings. The summed E-state index contributed by atoms with van der Waals surface area (Å²) in [5.74, 6) is -3.55. The summed E-state index contributed by atoms with van der Waals surface area (Å²) in [5.41, 5.74) is 0. The molecule has 8 heteroatoms. The molecule has 1 saturated heterocycles. The van der Waals surface area contributed by atoms with E-state index in [2.05, 4.69) is 10.1 Å². The summed E-state index contributed by atoms with van der Waals surface area (Å²) in [6, 6.07) is -0.773. The minimum atomic E-state index is -1.75. The molecule has 0 bridgehead atoms. The molecule has 0 aromatic rings. The van der Waals surface area contributed by atoms with Gasteiger partial charge in [0.2, 0.25) is 18.0 Å². The van der Waals surface area contributed by atoms with Gasteiger partial charge in [0.15, 0.2) is 0 Å². The fourth-order valence-electron chi connectivity index (χ4n) is 1.41. The molecule has 0 spiro atoms. The lowest BCUT2D eigenvalue weighted by Crippen LogP contribution is -2.69. The predicted molar refractivity (Wildman–Crippen MR) is 49.9 cm³/mol. The van der Waals surface area contributed by atoms with Gasteiger partial charge in [0, 0.05) is 13.8 Å². The third kappa shape index (κ3) is 2.92. The van der Waals surface area contributed by atoms with Crippen molar-refractivity contribution in [3.8, 4) is 0 Å². The molecule has 1 N–H and O–H groups in total. The number of carboxylic acids is 1. The van der Waals surface area contributed by atoms with Gasteiger partial charge in [-0.05, 0) is 0 Å². The first-order valence-electron chi connectivity index (χ1n) is 4.78. The highest BCUT2D eigenvalue weighted by Gasteiger charge is 2.43. The number of β-lactam (4-membered cyclic amide) rings is 1. The van der Waals surface area contributed by atoms with Crippen molar-refractivity contribution in [3.63, 3.8) is 0 Å². The smallest absolute Gasteiger partial charge is 0.304 e.